The summed E-state index contributed by atoms with van der Waals surface area (Å²) in [7, 11) is 4.24. The van der Waals surface area contributed by atoms with E-state index >= 15 is 0 Å². The molecular formula is C17H20FOP. The molecule has 106 valence electrons. The smallest absolute Gasteiger partial charge is 0.127 e. The summed E-state index contributed by atoms with van der Waals surface area (Å²) in [6.45, 7) is 4.70. The van der Waals surface area contributed by atoms with Gasteiger partial charge in [-0.05, 0) is 65.5 Å². The van der Waals surface area contributed by atoms with Crippen LogP contribution in [0.4, 0.5) is 4.39 Å². The molecule has 1 atom stereocenters. The molecular weight excluding hydrogens is 270 g/mol. The van der Waals surface area contributed by atoms with Crippen molar-refractivity contribution < 1.29 is 9.13 Å². The summed E-state index contributed by atoms with van der Waals surface area (Å²) in [4.78, 5) is 0. The first-order valence-electron chi connectivity index (χ1n) is 6.64. The molecule has 0 aromatic heterocycles. The van der Waals surface area contributed by atoms with Crippen LogP contribution in [-0.4, -0.2) is 7.11 Å². The lowest BCUT2D eigenvalue weighted by Gasteiger charge is -2.13. The molecule has 1 nitrogen and oxygen atoms in total. The maximum atomic E-state index is 14.0. The van der Waals surface area contributed by atoms with Crippen LogP contribution in [-0.2, 0) is 17.5 Å². The highest BCUT2D eigenvalue weighted by atomic mass is 31.0. The third kappa shape index (κ3) is 3.08. The molecule has 0 heterocycles. The van der Waals surface area contributed by atoms with E-state index in [9.17, 15) is 4.39 Å². The number of hydrogen-bond donors (Lipinski definition) is 0. The van der Waals surface area contributed by atoms with Gasteiger partial charge in [-0.3, -0.25) is 0 Å². The lowest BCUT2D eigenvalue weighted by atomic mass is 9.94. The molecule has 0 aliphatic carbocycles. The van der Waals surface area contributed by atoms with Crippen molar-refractivity contribution in [2.75, 3.05) is 7.11 Å². The standard InChI is InChI=1S/C17H20FOP/c1-11-6-12(2)16(7-15(11)9-19-3)13-4-5-14(10-20)17(18)8-13/h4-8H,9-10,20H2,1-3H3. The van der Waals surface area contributed by atoms with Gasteiger partial charge in [-0.15, -0.1) is 9.24 Å². The Morgan fingerprint density at radius 3 is 2.40 bits per heavy atom. The molecule has 0 saturated heterocycles. The number of benzene rings is 2. The first kappa shape index (κ1) is 15.2. The summed E-state index contributed by atoms with van der Waals surface area (Å²) >= 11 is 0. The average Bonchev–Trinajstić information content (AvgIpc) is 2.42. The topological polar surface area (TPSA) is 9.23 Å². The van der Waals surface area contributed by atoms with Crippen molar-refractivity contribution in [1.29, 1.82) is 0 Å². The van der Waals surface area contributed by atoms with E-state index in [0.29, 0.717) is 12.8 Å². The Morgan fingerprint density at radius 2 is 1.80 bits per heavy atom. The average molecular weight is 290 g/mol. The summed E-state index contributed by atoms with van der Waals surface area (Å²) < 4.78 is 19.2. The van der Waals surface area contributed by atoms with Crippen molar-refractivity contribution >= 4 is 9.24 Å². The lowest BCUT2D eigenvalue weighted by Crippen LogP contribution is -1.96. The molecule has 0 amide bonds. The Bertz CT molecular complexity index is 623. The molecule has 2 aromatic rings. The summed E-state index contributed by atoms with van der Waals surface area (Å²) in [6.07, 6.45) is 0.633. The van der Waals surface area contributed by atoms with Gasteiger partial charge in [-0.25, -0.2) is 4.39 Å². The van der Waals surface area contributed by atoms with Gasteiger partial charge in [0, 0.05) is 7.11 Å². The molecule has 20 heavy (non-hydrogen) atoms. The Labute approximate surface area is 122 Å². The molecule has 0 aliphatic heterocycles. The van der Waals surface area contributed by atoms with Crippen LogP contribution in [0.1, 0.15) is 22.3 Å². The molecule has 1 unspecified atom stereocenters. The molecule has 2 rings (SSSR count). The van der Waals surface area contributed by atoms with E-state index < -0.39 is 0 Å². The van der Waals surface area contributed by atoms with Gasteiger partial charge in [0.1, 0.15) is 5.82 Å². The highest BCUT2D eigenvalue weighted by Crippen LogP contribution is 2.28. The minimum Gasteiger partial charge on any atom is -0.380 e. The minimum absolute atomic E-state index is 0.147. The van der Waals surface area contributed by atoms with Crippen LogP contribution in [0.15, 0.2) is 30.3 Å². The number of hydrogen-bond acceptors (Lipinski definition) is 1. The SMILES string of the molecule is COCc1cc(-c2ccc(CP)c(F)c2)c(C)cc1C. The van der Waals surface area contributed by atoms with Crippen molar-refractivity contribution in [2.24, 2.45) is 0 Å². The third-order valence-electron chi connectivity index (χ3n) is 3.57. The van der Waals surface area contributed by atoms with Crippen LogP contribution in [0.5, 0.6) is 0 Å². The van der Waals surface area contributed by atoms with E-state index in [0.717, 1.165) is 27.8 Å². The fourth-order valence-corrected chi connectivity index (χ4v) is 2.73. The Balaban J connectivity index is 2.51. The third-order valence-corrected chi connectivity index (χ3v) is 4.01. The summed E-state index contributed by atoms with van der Waals surface area (Å²) in [5, 5.41) is 0. The number of ether oxygens (including phenoxy) is 1. The Morgan fingerprint density at radius 1 is 1.05 bits per heavy atom. The fraction of sp³-hybridized carbons (Fsp3) is 0.294. The van der Waals surface area contributed by atoms with E-state index in [2.05, 4.69) is 35.2 Å². The van der Waals surface area contributed by atoms with E-state index in [1.165, 1.54) is 5.56 Å². The predicted octanol–water partition coefficient (Wildman–Crippen LogP) is 4.63. The molecule has 0 saturated carbocycles. The first-order chi connectivity index (χ1) is 9.56. The zero-order valence-electron chi connectivity index (χ0n) is 12.2. The van der Waals surface area contributed by atoms with Gasteiger partial charge in [0.05, 0.1) is 6.61 Å². The second-order valence-corrected chi connectivity index (χ2v) is 5.45. The van der Waals surface area contributed by atoms with Gasteiger partial charge in [0.15, 0.2) is 0 Å². The van der Waals surface area contributed by atoms with Crippen molar-refractivity contribution in [2.45, 2.75) is 26.6 Å². The van der Waals surface area contributed by atoms with Crippen molar-refractivity contribution in [3.05, 3.63) is 58.4 Å². The minimum atomic E-state index is -0.147. The van der Waals surface area contributed by atoms with Crippen LogP contribution < -0.4 is 0 Å². The highest BCUT2D eigenvalue weighted by Gasteiger charge is 2.09. The summed E-state index contributed by atoms with van der Waals surface area (Å²) in [6, 6.07) is 9.69. The van der Waals surface area contributed by atoms with Gasteiger partial charge in [-0.1, -0.05) is 18.2 Å². The quantitative estimate of drug-likeness (QED) is 0.746. The van der Waals surface area contributed by atoms with Gasteiger partial charge >= 0.3 is 0 Å². The maximum absolute atomic E-state index is 14.0. The molecule has 2 aromatic carbocycles. The van der Waals surface area contributed by atoms with Gasteiger partial charge < -0.3 is 4.74 Å². The van der Waals surface area contributed by atoms with Crippen LogP contribution in [0.3, 0.4) is 0 Å². The lowest BCUT2D eigenvalue weighted by molar-refractivity contribution is 0.184. The molecule has 0 aliphatic rings. The second-order valence-electron chi connectivity index (χ2n) is 5.04. The fourth-order valence-electron chi connectivity index (χ4n) is 2.40. The van der Waals surface area contributed by atoms with Crippen molar-refractivity contribution in [1.82, 2.24) is 0 Å². The van der Waals surface area contributed by atoms with E-state index in [-0.39, 0.29) is 5.82 Å². The summed E-state index contributed by atoms with van der Waals surface area (Å²) in [5.41, 5.74) is 6.20. The monoisotopic (exact) mass is 290 g/mol. The number of aryl methyl sites for hydroxylation is 2. The zero-order valence-corrected chi connectivity index (χ0v) is 13.3. The molecule has 0 bridgehead atoms. The van der Waals surface area contributed by atoms with Crippen LogP contribution in [0.2, 0.25) is 0 Å². The zero-order chi connectivity index (χ0) is 14.7. The van der Waals surface area contributed by atoms with Gasteiger partial charge in [0.25, 0.3) is 0 Å². The highest BCUT2D eigenvalue weighted by molar-refractivity contribution is 7.15. The normalized spacial score (nSPS) is 10.8. The number of halogens is 1. The van der Waals surface area contributed by atoms with Crippen LogP contribution in [0.25, 0.3) is 11.1 Å². The van der Waals surface area contributed by atoms with E-state index in [1.807, 2.05) is 12.1 Å². The molecule has 0 fully saturated rings. The Hall–Kier alpha value is -1.24. The Kier molecular flexibility index (Phi) is 4.91. The predicted molar refractivity (Wildman–Crippen MR) is 85.4 cm³/mol. The van der Waals surface area contributed by atoms with Crippen LogP contribution >= 0.6 is 9.24 Å². The largest absolute Gasteiger partial charge is 0.380 e. The molecule has 0 spiro atoms. The molecule has 0 N–H and O–H groups in total. The van der Waals surface area contributed by atoms with Crippen LogP contribution in [0, 0.1) is 19.7 Å². The van der Waals surface area contributed by atoms with E-state index in [4.69, 9.17) is 4.74 Å². The van der Waals surface area contributed by atoms with Crippen molar-refractivity contribution in [3.63, 3.8) is 0 Å². The number of methoxy groups -OCH3 is 1. The molecule has 3 heteroatoms. The van der Waals surface area contributed by atoms with Gasteiger partial charge in [0.2, 0.25) is 0 Å². The summed E-state index contributed by atoms with van der Waals surface area (Å²) in [5.74, 6) is -0.147. The maximum Gasteiger partial charge on any atom is 0.127 e. The molecule has 0 radical (unpaired) electrons. The number of rotatable bonds is 4. The second kappa shape index (κ2) is 6.47. The first-order valence-corrected chi connectivity index (χ1v) is 7.46. The van der Waals surface area contributed by atoms with E-state index in [1.54, 1.807) is 13.2 Å². The van der Waals surface area contributed by atoms with Crippen molar-refractivity contribution in [3.8, 4) is 11.1 Å². The van der Waals surface area contributed by atoms with Gasteiger partial charge in [-0.2, -0.15) is 0 Å².